The molecule has 0 aliphatic carbocycles. The number of piperidine rings is 1. The highest BCUT2D eigenvalue weighted by Gasteiger charge is 2.28. The van der Waals surface area contributed by atoms with E-state index in [2.05, 4.69) is 53.8 Å². The van der Waals surface area contributed by atoms with Gasteiger partial charge in [0.2, 0.25) is 5.91 Å². The van der Waals surface area contributed by atoms with E-state index in [1.807, 2.05) is 0 Å². The van der Waals surface area contributed by atoms with Gasteiger partial charge in [-0.05, 0) is 56.2 Å². The molecule has 7 heteroatoms. The van der Waals surface area contributed by atoms with Crippen molar-refractivity contribution < 1.29 is 14.4 Å². The van der Waals surface area contributed by atoms with E-state index >= 15 is 0 Å². The molecule has 0 aromatic heterocycles. The fourth-order valence-corrected chi connectivity index (χ4v) is 3.62. The Labute approximate surface area is 177 Å². The van der Waals surface area contributed by atoms with Crippen molar-refractivity contribution in [3.05, 3.63) is 54.1 Å². The molecule has 2 aromatic rings. The molecule has 1 aliphatic heterocycles. The summed E-state index contributed by atoms with van der Waals surface area (Å²) in [4.78, 5) is 39.8. The normalized spacial score (nSPS) is 14.2. The second-order valence-corrected chi connectivity index (χ2v) is 7.68. The number of anilines is 3. The zero-order valence-corrected chi connectivity index (χ0v) is 17.6. The monoisotopic (exact) mass is 408 g/mol. The summed E-state index contributed by atoms with van der Waals surface area (Å²) >= 11 is 0. The molecular formula is C23H28N4O3. The van der Waals surface area contributed by atoms with E-state index in [0.29, 0.717) is 30.5 Å². The number of hydrogen-bond donors (Lipinski definition) is 2. The van der Waals surface area contributed by atoms with Crippen LogP contribution in [0.25, 0.3) is 0 Å². The van der Waals surface area contributed by atoms with Gasteiger partial charge in [0.15, 0.2) is 0 Å². The minimum Gasteiger partial charge on any atom is -0.371 e. The molecule has 0 saturated carbocycles. The number of carbonyl (C=O) groups is 3. The second kappa shape index (κ2) is 9.43. The summed E-state index contributed by atoms with van der Waals surface area (Å²) in [7, 11) is 2.07. The molecule has 1 saturated heterocycles. The van der Waals surface area contributed by atoms with Gasteiger partial charge in [-0.15, -0.1) is 0 Å². The largest absolute Gasteiger partial charge is 0.371 e. The van der Waals surface area contributed by atoms with E-state index in [0.717, 1.165) is 18.5 Å². The SMILES string of the molecule is CC(=O)Nc1ccc(NC(=O)C(=O)N2CCC(N(C)c3ccc(C)cc3)CC2)cc1. The van der Waals surface area contributed by atoms with Crippen LogP contribution in [0.15, 0.2) is 48.5 Å². The number of benzene rings is 2. The van der Waals surface area contributed by atoms with Crippen LogP contribution in [-0.2, 0) is 14.4 Å². The van der Waals surface area contributed by atoms with Gasteiger partial charge >= 0.3 is 11.8 Å². The minimum absolute atomic E-state index is 0.168. The van der Waals surface area contributed by atoms with Crippen molar-refractivity contribution in [2.45, 2.75) is 32.7 Å². The lowest BCUT2D eigenvalue weighted by atomic mass is 10.0. The number of likely N-dealkylation sites (tertiary alicyclic amines) is 1. The van der Waals surface area contributed by atoms with Gasteiger partial charge in [-0.25, -0.2) is 0 Å². The third-order valence-corrected chi connectivity index (χ3v) is 5.40. The van der Waals surface area contributed by atoms with Gasteiger partial charge in [0.05, 0.1) is 0 Å². The van der Waals surface area contributed by atoms with Crippen LogP contribution in [0.5, 0.6) is 0 Å². The average molecular weight is 409 g/mol. The number of rotatable bonds is 4. The molecule has 0 bridgehead atoms. The number of nitrogens with zero attached hydrogens (tertiary/aromatic N) is 2. The first-order valence-electron chi connectivity index (χ1n) is 10.1. The summed E-state index contributed by atoms with van der Waals surface area (Å²) in [6.45, 7) is 4.59. The first-order chi connectivity index (χ1) is 14.3. The molecular weight excluding hydrogens is 380 g/mol. The molecule has 7 nitrogen and oxygen atoms in total. The maximum absolute atomic E-state index is 12.5. The van der Waals surface area contributed by atoms with Crippen molar-refractivity contribution in [2.75, 3.05) is 35.7 Å². The topological polar surface area (TPSA) is 81.8 Å². The number of nitrogens with one attached hydrogen (secondary N) is 2. The van der Waals surface area contributed by atoms with Gasteiger partial charge in [0, 0.05) is 50.2 Å². The highest BCUT2D eigenvalue weighted by atomic mass is 16.2. The van der Waals surface area contributed by atoms with Crippen LogP contribution in [0.2, 0.25) is 0 Å². The molecule has 2 N–H and O–H groups in total. The lowest BCUT2D eigenvalue weighted by Gasteiger charge is -2.37. The first kappa shape index (κ1) is 21.4. The van der Waals surface area contributed by atoms with Crippen molar-refractivity contribution in [1.29, 1.82) is 0 Å². The number of carbonyl (C=O) groups excluding carboxylic acids is 3. The smallest absolute Gasteiger partial charge is 0.313 e. The van der Waals surface area contributed by atoms with E-state index in [1.165, 1.54) is 12.5 Å². The minimum atomic E-state index is -0.646. The van der Waals surface area contributed by atoms with Crippen molar-refractivity contribution >= 4 is 34.8 Å². The lowest BCUT2D eigenvalue weighted by molar-refractivity contribution is -0.143. The Kier molecular flexibility index (Phi) is 6.72. The molecule has 2 aromatic carbocycles. The molecule has 3 amide bonds. The van der Waals surface area contributed by atoms with Gasteiger partial charge in [-0.3, -0.25) is 14.4 Å². The maximum atomic E-state index is 12.5. The number of aryl methyl sites for hydroxylation is 1. The standard InChI is InChI=1S/C23H28N4O3/c1-16-4-10-20(11-5-16)26(3)21-12-14-27(15-13-21)23(30)22(29)25-19-8-6-18(7-9-19)24-17(2)28/h4-11,21H,12-15H2,1-3H3,(H,24,28)(H,25,29). The van der Waals surface area contributed by atoms with E-state index < -0.39 is 11.8 Å². The first-order valence-corrected chi connectivity index (χ1v) is 10.1. The van der Waals surface area contributed by atoms with Crippen LogP contribution in [0, 0.1) is 6.92 Å². The van der Waals surface area contributed by atoms with Gasteiger partial charge in [-0.2, -0.15) is 0 Å². The van der Waals surface area contributed by atoms with Crippen LogP contribution >= 0.6 is 0 Å². The van der Waals surface area contributed by atoms with Crippen LogP contribution in [0.1, 0.15) is 25.3 Å². The summed E-state index contributed by atoms with van der Waals surface area (Å²) in [6.07, 6.45) is 1.63. The van der Waals surface area contributed by atoms with Crippen molar-refractivity contribution in [3.63, 3.8) is 0 Å². The Bertz CT molecular complexity index is 901. The van der Waals surface area contributed by atoms with Crippen molar-refractivity contribution in [1.82, 2.24) is 4.90 Å². The lowest BCUT2D eigenvalue weighted by Crippen LogP contribution is -2.48. The zero-order chi connectivity index (χ0) is 21.7. The van der Waals surface area contributed by atoms with Crippen LogP contribution in [0.3, 0.4) is 0 Å². The fraction of sp³-hybridized carbons (Fsp3) is 0.348. The molecule has 1 aliphatic rings. The molecule has 0 spiro atoms. The third kappa shape index (κ3) is 5.37. The second-order valence-electron chi connectivity index (χ2n) is 7.68. The predicted molar refractivity (Wildman–Crippen MR) is 119 cm³/mol. The zero-order valence-electron chi connectivity index (χ0n) is 17.6. The highest BCUT2D eigenvalue weighted by molar-refractivity contribution is 6.39. The van der Waals surface area contributed by atoms with Gasteiger partial charge in [0.1, 0.15) is 0 Å². The van der Waals surface area contributed by atoms with Gasteiger partial charge in [0.25, 0.3) is 0 Å². The predicted octanol–water partition coefficient (Wildman–Crippen LogP) is 3.02. The highest BCUT2D eigenvalue weighted by Crippen LogP contribution is 2.23. The molecule has 1 fully saturated rings. The van der Waals surface area contributed by atoms with Crippen molar-refractivity contribution in [2.24, 2.45) is 0 Å². The van der Waals surface area contributed by atoms with E-state index in [4.69, 9.17) is 0 Å². The number of amides is 3. The average Bonchev–Trinajstić information content (AvgIpc) is 2.74. The Morgan fingerprint density at radius 1 is 0.900 bits per heavy atom. The van der Waals surface area contributed by atoms with E-state index in [-0.39, 0.29) is 5.91 Å². The van der Waals surface area contributed by atoms with E-state index in [1.54, 1.807) is 29.2 Å². The summed E-state index contributed by atoms with van der Waals surface area (Å²) in [5, 5.41) is 5.29. The molecule has 3 rings (SSSR count). The molecule has 1 heterocycles. The molecule has 30 heavy (non-hydrogen) atoms. The maximum Gasteiger partial charge on any atom is 0.313 e. The third-order valence-electron chi connectivity index (χ3n) is 5.40. The quantitative estimate of drug-likeness (QED) is 0.762. The van der Waals surface area contributed by atoms with E-state index in [9.17, 15) is 14.4 Å². The Morgan fingerprint density at radius 3 is 1.97 bits per heavy atom. The van der Waals surface area contributed by atoms with Crippen LogP contribution in [0.4, 0.5) is 17.1 Å². The Morgan fingerprint density at radius 2 is 1.43 bits per heavy atom. The van der Waals surface area contributed by atoms with Crippen LogP contribution < -0.4 is 15.5 Å². The number of hydrogen-bond acceptors (Lipinski definition) is 4. The van der Waals surface area contributed by atoms with Gasteiger partial charge in [-0.1, -0.05) is 17.7 Å². The molecule has 0 unspecified atom stereocenters. The Balaban J connectivity index is 1.51. The molecule has 0 radical (unpaired) electrons. The fourth-order valence-electron chi connectivity index (χ4n) is 3.62. The Hall–Kier alpha value is -3.35. The van der Waals surface area contributed by atoms with Crippen LogP contribution in [-0.4, -0.2) is 48.8 Å². The summed E-state index contributed by atoms with van der Waals surface area (Å²) in [5.41, 5.74) is 3.53. The summed E-state index contributed by atoms with van der Waals surface area (Å²) in [5.74, 6) is -1.33. The molecule has 158 valence electrons. The van der Waals surface area contributed by atoms with Crippen molar-refractivity contribution in [3.8, 4) is 0 Å². The summed E-state index contributed by atoms with van der Waals surface area (Å²) < 4.78 is 0. The summed E-state index contributed by atoms with van der Waals surface area (Å²) in [6, 6.07) is 15.4. The van der Waals surface area contributed by atoms with Gasteiger partial charge < -0.3 is 20.4 Å². The molecule has 0 atom stereocenters.